The maximum atomic E-state index is 5.16. The van der Waals surface area contributed by atoms with Crippen LogP contribution in [-0.4, -0.2) is 24.9 Å². The summed E-state index contributed by atoms with van der Waals surface area (Å²) in [6.45, 7) is 5.92. The molecule has 5 nitrogen and oxygen atoms in total. The van der Waals surface area contributed by atoms with Crippen LogP contribution in [0.15, 0.2) is 164 Å². The van der Waals surface area contributed by atoms with E-state index in [9.17, 15) is 0 Å². The SMILES string of the molecule is C=C/C=C(\C=C/C)c1nc(-c2ccccc2)c2sc3c(-c4nc(-c5ccccc5)nc(-c5ccc(-c6ccccc6)cc5)n4)cccc3c2n1. The van der Waals surface area contributed by atoms with Gasteiger partial charge in [-0.1, -0.05) is 158 Å². The van der Waals surface area contributed by atoms with Gasteiger partial charge in [-0.25, -0.2) is 24.9 Å². The van der Waals surface area contributed by atoms with E-state index in [1.165, 1.54) is 0 Å². The molecule has 0 radical (unpaired) electrons. The van der Waals surface area contributed by atoms with E-state index in [1.54, 1.807) is 17.4 Å². The monoisotopic (exact) mass is 661 g/mol. The Kier molecular flexibility index (Phi) is 8.43. The highest BCUT2D eigenvalue weighted by atomic mass is 32.1. The molecule has 8 aromatic rings. The number of benzene rings is 5. The molecule has 0 N–H and O–H groups in total. The van der Waals surface area contributed by atoms with Gasteiger partial charge in [-0.05, 0) is 24.1 Å². The van der Waals surface area contributed by atoms with Crippen LogP contribution < -0.4 is 0 Å². The highest BCUT2D eigenvalue weighted by molar-refractivity contribution is 7.26. The molecule has 0 atom stereocenters. The van der Waals surface area contributed by atoms with Crippen molar-refractivity contribution in [3.05, 3.63) is 170 Å². The molecular formula is C44H31N5S. The first-order chi connectivity index (χ1) is 24.7. The standard InChI is InChI=1S/C44H31N5S/c1-3-15-32(16-4-2)41-45-37(31-19-10-6-11-20-31)40-38(46-41)35-23-14-24-36(39(35)50-40)44-48-42(33-21-12-7-13-22-33)47-43(49-44)34-27-25-30(26-28-34)29-17-8-5-9-18-29/h3-28H,1H2,2H3/b16-4-,32-15+. The molecule has 0 aliphatic heterocycles. The van der Waals surface area contributed by atoms with Crippen LogP contribution in [0.3, 0.4) is 0 Å². The number of rotatable bonds is 8. The molecule has 5 aromatic carbocycles. The fraction of sp³-hybridized carbons (Fsp3) is 0.0227. The second-order valence-corrected chi connectivity index (χ2v) is 12.7. The molecule has 0 spiro atoms. The molecule has 0 amide bonds. The van der Waals surface area contributed by atoms with Gasteiger partial charge in [0.25, 0.3) is 0 Å². The van der Waals surface area contributed by atoms with Gasteiger partial charge >= 0.3 is 0 Å². The molecule has 0 saturated carbocycles. The van der Waals surface area contributed by atoms with Gasteiger partial charge in [-0.3, -0.25) is 0 Å². The van der Waals surface area contributed by atoms with E-state index in [-0.39, 0.29) is 0 Å². The lowest BCUT2D eigenvalue weighted by Gasteiger charge is -2.09. The number of allylic oxidation sites excluding steroid dienone is 5. The van der Waals surface area contributed by atoms with E-state index in [2.05, 4.69) is 85.4 Å². The second kappa shape index (κ2) is 13.6. The Morgan fingerprint density at radius 1 is 0.540 bits per heavy atom. The molecule has 0 fully saturated rings. The number of thiophene rings is 1. The van der Waals surface area contributed by atoms with Crippen molar-refractivity contribution < 1.29 is 0 Å². The summed E-state index contributed by atoms with van der Waals surface area (Å²) in [6, 6.07) is 45.4. The lowest BCUT2D eigenvalue weighted by molar-refractivity contribution is 1.08. The first kappa shape index (κ1) is 30.9. The largest absolute Gasteiger partial charge is 0.226 e. The highest BCUT2D eigenvalue weighted by Gasteiger charge is 2.21. The Morgan fingerprint density at radius 3 is 1.74 bits per heavy atom. The van der Waals surface area contributed by atoms with Gasteiger partial charge in [-0.2, -0.15) is 0 Å². The van der Waals surface area contributed by atoms with Crippen LogP contribution in [0.1, 0.15) is 12.7 Å². The van der Waals surface area contributed by atoms with Gasteiger partial charge < -0.3 is 0 Å². The van der Waals surface area contributed by atoms with Gasteiger partial charge in [0.2, 0.25) is 0 Å². The number of fused-ring (bicyclic) bond motifs is 3. The molecule has 238 valence electrons. The molecule has 3 aromatic heterocycles. The molecule has 6 heteroatoms. The average molecular weight is 662 g/mol. The van der Waals surface area contributed by atoms with Crippen LogP contribution in [0.4, 0.5) is 0 Å². The summed E-state index contributed by atoms with van der Waals surface area (Å²) in [6.07, 6.45) is 7.72. The zero-order chi connectivity index (χ0) is 33.9. The number of aromatic nitrogens is 5. The summed E-state index contributed by atoms with van der Waals surface area (Å²) < 4.78 is 2.05. The van der Waals surface area contributed by atoms with Crippen LogP contribution in [0.2, 0.25) is 0 Å². The van der Waals surface area contributed by atoms with E-state index >= 15 is 0 Å². The molecule has 0 bridgehead atoms. The van der Waals surface area contributed by atoms with E-state index in [0.717, 1.165) is 65.0 Å². The molecule has 0 unspecified atom stereocenters. The summed E-state index contributed by atoms with van der Waals surface area (Å²) in [5.74, 6) is 2.48. The average Bonchev–Trinajstić information content (AvgIpc) is 3.57. The minimum atomic E-state index is 0.605. The third-order valence-corrected chi connectivity index (χ3v) is 9.68. The lowest BCUT2D eigenvalue weighted by Crippen LogP contribution is -2.00. The van der Waals surface area contributed by atoms with Crippen molar-refractivity contribution in [1.82, 2.24) is 24.9 Å². The predicted molar refractivity (Wildman–Crippen MR) is 208 cm³/mol. The third kappa shape index (κ3) is 5.93. The quantitative estimate of drug-likeness (QED) is 0.152. The molecule has 0 aliphatic carbocycles. The van der Waals surface area contributed by atoms with Gasteiger partial charge in [0.1, 0.15) is 0 Å². The number of nitrogens with zero attached hydrogens (tertiary/aromatic N) is 5. The van der Waals surface area contributed by atoms with Crippen LogP contribution in [0.5, 0.6) is 0 Å². The van der Waals surface area contributed by atoms with E-state index in [4.69, 9.17) is 24.9 Å². The van der Waals surface area contributed by atoms with Gasteiger partial charge in [0, 0.05) is 37.9 Å². The smallest absolute Gasteiger partial charge is 0.165 e. The topological polar surface area (TPSA) is 64.5 Å². The van der Waals surface area contributed by atoms with Gasteiger partial charge in [0.15, 0.2) is 23.3 Å². The summed E-state index contributed by atoms with van der Waals surface area (Å²) in [4.78, 5) is 25.5. The van der Waals surface area contributed by atoms with Crippen molar-refractivity contribution in [3.63, 3.8) is 0 Å². The molecule has 8 rings (SSSR count). The second-order valence-electron chi connectivity index (χ2n) is 11.7. The van der Waals surface area contributed by atoms with Crippen LogP contribution in [-0.2, 0) is 0 Å². The van der Waals surface area contributed by atoms with E-state index < -0.39 is 0 Å². The normalized spacial score (nSPS) is 11.8. The number of hydrogen-bond acceptors (Lipinski definition) is 6. The maximum absolute atomic E-state index is 5.16. The molecule has 0 aliphatic rings. The van der Waals surface area contributed by atoms with Crippen molar-refractivity contribution in [3.8, 4) is 56.5 Å². The first-order valence-corrected chi connectivity index (χ1v) is 17.2. The van der Waals surface area contributed by atoms with Gasteiger partial charge in [-0.15, -0.1) is 11.3 Å². The summed E-state index contributed by atoms with van der Waals surface area (Å²) in [5, 5.41) is 1.03. The zero-order valence-electron chi connectivity index (χ0n) is 27.4. The van der Waals surface area contributed by atoms with Crippen LogP contribution in [0.25, 0.3) is 82.4 Å². The van der Waals surface area contributed by atoms with Crippen molar-refractivity contribution in [2.75, 3.05) is 0 Å². The minimum Gasteiger partial charge on any atom is -0.226 e. The summed E-state index contributed by atoms with van der Waals surface area (Å²) in [5.41, 5.74) is 8.76. The van der Waals surface area contributed by atoms with Crippen LogP contribution >= 0.6 is 11.3 Å². The van der Waals surface area contributed by atoms with Crippen molar-refractivity contribution in [1.29, 1.82) is 0 Å². The van der Waals surface area contributed by atoms with Crippen molar-refractivity contribution in [2.24, 2.45) is 0 Å². The summed E-state index contributed by atoms with van der Waals surface area (Å²) in [7, 11) is 0. The third-order valence-electron chi connectivity index (χ3n) is 8.45. The van der Waals surface area contributed by atoms with E-state index in [0.29, 0.717) is 23.3 Å². The summed E-state index contributed by atoms with van der Waals surface area (Å²) >= 11 is 1.67. The highest BCUT2D eigenvalue weighted by Crippen LogP contribution is 2.43. The fourth-order valence-electron chi connectivity index (χ4n) is 6.06. The Hall–Kier alpha value is -6.37. The van der Waals surface area contributed by atoms with E-state index in [1.807, 2.05) is 79.7 Å². The Labute approximate surface area is 294 Å². The number of hydrogen-bond donors (Lipinski definition) is 0. The Bertz CT molecular complexity index is 2540. The zero-order valence-corrected chi connectivity index (χ0v) is 28.2. The molecular weight excluding hydrogens is 631 g/mol. The first-order valence-electron chi connectivity index (χ1n) is 16.4. The predicted octanol–water partition coefficient (Wildman–Crippen LogP) is 11.5. The van der Waals surface area contributed by atoms with Crippen molar-refractivity contribution >= 4 is 37.2 Å². The maximum Gasteiger partial charge on any atom is 0.165 e. The molecule has 0 saturated heterocycles. The lowest BCUT2D eigenvalue weighted by atomic mass is 10.0. The molecule has 3 heterocycles. The Morgan fingerprint density at radius 2 is 1.10 bits per heavy atom. The van der Waals surface area contributed by atoms with Crippen LogP contribution in [0, 0.1) is 0 Å². The molecule has 50 heavy (non-hydrogen) atoms. The fourth-order valence-corrected chi connectivity index (χ4v) is 7.32. The Balaban J connectivity index is 1.34. The van der Waals surface area contributed by atoms with Crippen molar-refractivity contribution in [2.45, 2.75) is 6.92 Å². The van der Waals surface area contributed by atoms with Gasteiger partial charge in [0.05, 0.1) is 15.9 Å². The minimum absolute atomic E-state index is 0.605.